The number of halogens is 10. The van der Waals surface area contributed by atoms with Gasteiger partial charge in [-0.25, -0.2) is 4.39 Å². The Labute approximate surface area is 254 Å². The van der Waals surface area contributed by atoms with Gasteiger partial charge in [0.25, 0.3) is 0 Å². The first-order valence-electron chi connectivity index (χ1n) is 11.0. The van der Waals surface area contributed by atoms with Gasteiger partial charge in [0, 0.05) is 48.8 Å². The van der Waals surface area contributed by atoms with E-state index in [1.165, 1.54) is 20.3 Å². The number of methoxy groups -OCH3 is 2. The molecule has 6 nitrogen and oxygen atoms in total. The van der Waals surface area contributed by atoms with Crippen LogP contribution in [-0.4, -0.2) is 47.3 Å². The standard InChI is InChI=1S/C25H17Br3F7O6/c1-36-3-4-38-22-11(10-6-17(39-23(30)31)16(37-2)8-13(10)26)5-15(28)20(21(22)29)12-7-18(40-24(32)33)19(9-14(12)27)41-25(34)35/h6-9,23-25H,3-4H2,1-2H3. The first-order valence-corrected chi connectivity index (χ1v) is 13.4. The highest BCUT2D eigenvalue weighted by Gasteiger charge is 2.27. The van der Waals surface area contributed by atoms with Crippen LogP contribution in [0.2, 0.25) is 0 Å². The second-order valence-corrected chi connectivity index (χ2v) is 10.1. The average Bonchev–Trinajstić information content (AvgIpc) is 2.87. The summed E-state index contributed by atoms with van der Waals surface area (Å²) in [7, 11) is 2.61. The molecule has 41 heavy (non-hydrogen) atoms. The molecule has 0 saturated heterocycles. The fourth-order valence-corrected chi connectivity index (χ4v) is 5.14. The van der Waals surface area contributed by atoms with E-state index in [4.69, 9.17) is 14.2 Å². The van der Waals surface area contributed by atoms with E-state index in [-0.39, 0.29) is 60.4 Å². The van der Waals surface area contributed by atoms with Crippen molar-refractivity contribution in [1.82, 2.24) is 0 Å². The van der Waals surface area contributed by atoms with Crippen molar-refractivity contribution in [3.05, 3.63) is 49.6 Å². The van der Waals surface area contributed by atoms with Crippen LogP contribution < -0.4 is 23.7 Å². The Morgan fingerprint density at radius 2 is 1.20 bits per heavy atom. The predicted molar refractivity (Wildman–Crippen MR) is 143 cm³/mol. The third-order valence-electron chi connectivity index (χ3n) is 5.11. The van der Waals surface area contributed by atoms with Crippen molar-refractivity contribution in [1.29, 1.82) is 0 Å². The summed E-state index contributed by atoms with van der Waals surface area (Å²) in [5.41, 5.74) is -0.409. The smallest absolute Gasteiger partial charge is 0.387 e. The van der Waals surface area contributed by atoms with Crippen LogP contribution >= 0.6 is 47.8 Å². The van der Waals surface area contributed by atoms with Gasteiger partial charge in [-0.1, -0.05) is 31.9 Å². The topological polar surface area (TPSA) is 55.4 Å². The Morgan fingerprint density at radius 1 is 0.707 bits per heavy atom. The molecule has 223 valence electrons. The molecule has 3 aromatic rings. The van der Waals surface area contributed by atoms with Crippen molar-refractivity contribution in [2.45, 2.75) is 19.8 Å². The first-order chi connectivity index (χ1) is 19.4. The Morgan fingerprint density at radius 3 is 1.73 bits per heavy atom. The van der Waals surface area contributed by atoms with Gasteiger partial charge < -0.3 is 28.4 Å². The van der Waals surface area contributed by atoms with Gasteiger partial charge in [-0.3, -0.25) is 0 Å². The lowest BCUT2D eigenvalue weighted by Crippen LogP contribution is -2.09. The van der Waals surface area contributed by atoms with Crippen molar-refractivity contribution in [3.63, 3.8) is 0 Å². The molecule has 0 unspecified atom stereocenters. The summed E-state index contributed by atoms with van der Waals surface area (Å²) >= 11 is 9.61. The second-order valence-electron chi connectivity index (χ2n) is 7.57. The molecular weight excluding hydrogens is 769 g/mol. The second kappa shape index (κ2) is 14.6. The zero-order valence-electron chi connectivity index (χ0n) is 20.7. The zero-order valence-corrected chi connectivity index (χ0v) is 25.4. The molecule has 3 aromatic carbocycles. The molecule has 3 rings (SSSR count). The average molecular weight is 786 g/mol. The molecule has 0 aliphatic rings. The summed E-state index contributed by atoms with van der Waals surface area (Å²) in [4.78, 5) is 0. The van der Waals surface area contributed by atoms with Gasteiger partial charge in [0.05, 0.1) is 13.7 Å². The highest BCUT2D eigenvalue weighted by atomic mass is 79.9. The SMILES string of the molecule is COCCOc1c(-c2cc(OC(F)F)c(OC)cc2Br)[c]c(Br)c(-c2cc(OC(F)F)c(OC(F)F)cc2Br)c1F. The van der Waals surface area contributed by atoms with E-state index in [2.05, 4.69) is 68.1 Å². The van der Waals surface area contributed by atoms with Gasteiger partial charge >= 0.3 is 19.8 Å². The van der Waals surface area contributed by atoms with Gasteiger partial charge in [-0.2, -0.15) is 26.3 Å². The lowest BCUT2D eigenvalue weighted by molar-refractivity contribution is -0.0692. The maximum absolute atomic E-state index is 16.3. The van der Waals surface area contributed by atoms with Crippen molar-refractivity contribution >= 4 is 47.8 Å². The van der Waals surface area contributed by atoms with Crippen LogP contribution in [-0.2, 0) is 4.74 Å². The van der Waals surface area contributed by atoms with Gasteiger partial charge in [0.1, 0.15) is 6.61 Å². The monoisotopic (exact) mass is 783 g/mol. The van der Waals surface area contributed by atoms with E-state index in [1.807, 2.05) is 0 Å². The maximum Gasteiger partial charge on any atom is 0.387 e. The molecular formula is C25H17Br3F7O6. The van der Waals surface area contributed by atoms with Crippen LogP contribution in [0.1, 0.15) is 0 Å². The summed E-state index contributed by atoms with van der Waals surface area (Å²) in [6.45, 7) is -10.2. The minimum Gasteiger partial charge on any atom is -0.493 e. The number of hydrogen-bond donors (Lipinski definition) is 0. The van der Waals surface area contributed by atoms with Gasteiger partial charge in [0.15, 0.2) is 34.6 Å². The van der Waals surface area contributed by atoms with Gasteiger partial charge in [0.2, 0.25) is 0 Å². The van der Waals surface area contributed by atoms with Gasteiger partial charge in [-0.15, -0.1) is 0 Å². The maximum atomic E-state index is 16.3. The summed E-state index contributed by atoms with van der Waals surface area (Å²) in [5, 5.41) is 0. The van der Waals surface area contributed by atoms with Crippen LogP contribution in [0.4, 0.5) is 30.7 Å². The Hall–Kier alpha value is -2.43. The van der Waals surface area contributed by atoms with Crippen molar-refractivity contribution in [3.8, 4) is 51.0 Å². The van der Waals surface area contributed by atoms with Crippen LogP contribution in [0, 0.1) is 11.9 Å². The van der Waals surface area contributed by atoms with E-state index >= 15 is 4.39 Å². The third-order valence-corrected chi connectivity index (χ3v) is 7.01. The fraction of sp³-hybridized carbons (Fsp3) is 0.280. The van der Waals surface area contributed by atoms with Crippen molar-refractivity contribution in [2.75, 3.05) is 27.4 Å². The minimum atomic E-state index is -3.42. The minimum absolute atomic E-state index is 0.0174. The highest BCUT2D eigenvalue weighted by molar-refractivity contribution is 9.11. The number of alkyl halides is 6. The number of ether oxygens (including phenoxy) is 6. The van der Waals surface area contributed by atoms with Crippen LogP contribution in [0.3, 0.4) is 0 Å². The number of rotatable bonds is 13. The molecule has 16 heteroatoms. The largest absolute Gasteiger partial charge is 0.493 e. The molecule has 1 radical (unpaired) electrons. The zero-order chi connectivity index (χ0) is 30.4. The molecule has 0 N–H and O–H groups in total. The fourth-order valence-electron chi connectivity index (χ4n) is 3.51. The van der Waals surface area contributed by atoms with Gasteiger partial charge in [-0.05, 0) is 40.2 Å². The number of hydrogen-bond acceptors (Lipinski definition) is 6. The Balaban J connectivity index is 2.30. The summed E-state index contributed by atoms with van der Waals surface area (Å²) in [6.07, 6.45) is 0. The molecule has 0 aromatic heterocycles. The predicted octanol–water partition coefficient (Wildman–Crippen LogP) is 9.09. The van der Waals surface area contributed by atoms with E-state index < -0.39 is 42.9 Å². The normalized spacial score (nSPS) is 11.4. The Kier molecular flexibility index (Phi) is 11.8. The van der Waals surface area contributed by atoms with Crippen LogP contribution in [0.25, 0.3) is 22.3 Å². The molecule has 0 heterocycles. The van der Waals surface area contributed by atoms with Crippen molar-refractivity contribution in [2.24, 2.45) is 0 Å². The lowest BCUT2D eigenvalue weighted by atomic mass is 9.97. The molecule has 0 fully saturated rings. The highest BCUT2D eigenvalue weighted by Crippen LogP contribution is 2.49. The first kappa shape index (κ1) is 33.1. The Bertz CT molecular complexity index is 1380. The quantitative estimate of drug-likeness (QED) is 0.127. The van der Waals surface area contributed by atoms with E-state index in [0.29, 0.717) is 0 Å². The van der Waals surface area contributed by atoms with Crippen LogP contribution in [0.5, 0.6) is 28.7 Å². The third kappa shape index (κ3) is 8.11. The summed E-state index contributed by atoms with van der Waals surface area (Å²) in [5.74, 6) is -3.47. The molecule has 0 aliphatic carbocycles. The summed E-state index contributed by atoms with van der Waals surface area (Å²) in [6, 6.07) is 7.08. The van der Waals surface area contributed by atoms with E-state index in [0.717, 1.165) is 18.2 Å². The molecule has 0 atom stereocenters. The van der Waals surface area contributed by atoms with E-state index in [9.17, 15) is 26.3 Å². The molecule has 0 saturated carbocycles. The summed E-state index contributed by atoms with van der Waals surface area (Å²) < 4.78 is 123. The van der Waals surface area contributed by atoms with Crippen LogP contribution in [0.15, 0.2) is 37.7 Å². The molecule has 0 aliphatic heterocycles. The van der Waals surface area contributed by atoms with Crippen molar-refractivity contribution < 1.29 is 59.2 Å². The van der Waals surface area contributed by atoms with E-state index in [1.54, 1.807) is 0 Å². The lowest BCUT2D eigenvalue weighted by Gasteiger charge is -2.20. The molecule has 0 bridgehead atoms. The molecule has 0 amide bonds. The molecule has 0 spiro atoms. The number of benzene rings is 3.